The van der Waals surface area contributed by atoms with Crippen LogP contribution in [0.3, 0.4) is 0 Å². The average Bonchev–Trinajstić information content (AvgIpc) is 3.20. The standard InChI is InChI=1S/C40H16F12N8/c1-54-60-36-34-32(56-27(19-6-2-10-23(14-19)37(41,42)43)29(58-34)21-8-4-12-25(16-21)39(47,48)49)31(55-18-53)33-35(36)59-30(22-9-5-13-26(17-22)40(50,51)52)28(57-33)20-7-3-11-24(15-20)38(44,45)46/h2-17H. The maximum Gasteiger partial charge on any atom is 0.416 e. The molecule has 0 saturated heterocycles. The van der Waals surface area contributed by atoms with Gasteiger partial charge >= 0.3 is 24.7 Å². The Labute approximate surface area is 328 Å². The summed E-state index contributed by atoms with van der Waals surface area (Å²) in [7, 11) is 0. The molecule has 60 heavy (non-hydrogen) atoms. The zero-order chi connectivity index (χ0) is 43.4. The minimum Gasteiger partial charge on any atom is -0.241 e. The number of benzene rings is 4. The lowest BCUT2D eigenvalue weighted by molar-refractivity contribution is -0.138. The molecule has 0 amide bonds. The van der Waals surface area contributed by atoms with Crippen molar-refractivity contribution in [3.05, 3.63) is 154 Å². The number of nitriles is 1. The molecule has 8 nitrogen and oxygen atoms in total. The SMILES string of the molecule is [C-]#[N+]N=C1c2nc(-c3cccc(C(F)(F)F)c3)c(-c3cccc(C(F)(F)F)c3)nc2C(=NC#N)c2nc(-c3cccc(C(F)(F)F)c3)c(-c3cccc(C(F)(F)F)c3)nc21. The molecule has 0 radical (unpaired) electrons. The van der Waals surface area contributed by atoms with Gasteiger partial charge in [0.1, 0.15) is 28.5 Å². The van der Waals surface area contributed by atoms with Crippen LogP contribution in [0.2, 0.25) is 0 Å². The Morgan fingerprint density at radius 3 is 0.933 bits per heavy atom. The van der Waals surface area contributed by atoms with Crippen molar-refractivity contribution >= 4 is 11.4 Å². The fourth-order valence-electron chi connectivity index (χ4n) is 6.23. The van der Waals surface area contributed by atoms with Crippen molar-refractivity contribution in [2.24, 2.45) is 10.1 Å². The van der Waals surface area contributed by atoms with E-state index in [1.165, 1.54) is 6.19 Å². The van der Waals surface area contributed by atoms with Gasteiger partial charge in [-0.2, -0.15) is 69.5 Å². The van der Waals surface area contributed by atoms with Gasteiger partial charge in [-0.3, -0.25) is 0 Å². The van der Waals surface area contributed by atoms with E-state index in [9.17, 15) is 57.9 Å². The second-order valence-electron chi connectivity index (χ2n) is 12.7. The molecule has 2 heterocycles. The van der Waals surface area contributed by atoms with E-state index < -0.39 is 104 Å². The summed E-state index contributed by atoms with van der Waals surface area (Å²) in [5, 5.41) is 13.6. The lowest BCUT2D eigenvalue weighted by Gasteiger charge is -2.23. The van der Waals surface area contributed by atoms with E-state index in [1.807, 2.05) is 0 Å². The number of aromatic nitrogens is 4. The lowest BCUT2D eigenvalue weighted by Crippen LogP contribution is -2.29. The summed E-state index contributed by atoms with van der Waals surface area (Å²) in [4.78, 5) is 24.6. The molecule has 0 N–H and O–H groups in total. The number of hydrogen-bond acceptors (Lipinski definition) is 7. The zero-order valence-corrected chi connectivity index (χ0v) is 29.4. The Hall–Kier alpha value is -7.48. The van der Waals surface area contributed by atoms with Crippen LogP contribution < -0.4 is 0 Å². The van der Waals surface area contributed by atoms with Crippen LogP contribution in [0.15, 0.2) is 107 Å². The summed E-state index contributed by atoms with van der Waals surface area (Å²) >= 11 is 0. The Balaban J connectivity index is 1.59. The highest BCUT2D eigenvalue weighted by molar-refractivity contribution is 6.29. The molecule has 0 spiro atoms. The molecule has 0 atom stereocenters. The molecular weight excluding hydrogens is 820 g/mol. The molecule has 0 bridgehead atoms. The zero-order valence-electron chi connectivity index (χ0n) is 29.4. The van der Waals surface area contributed by atoms with E-state index in [0.29, 0.717) is 48.5 Å². The summed E-state index contributed by atoms with van der Waals surface area (Å²) in [6, 6.07) is 13.9. The fraction of sp³-hybridized carbons (Fsp3) is 0.100. The van der Waals surface area contributed by atoms with E-state index >= 15 is 0 Å². The van der Waals surface area contributed by atoms with Crippen molar-refractivity contribution < 1.29 is 52.7 Å². The number of nitrogens with zero attached hydrogens (tertiary/aromatic N) is 8. The van der Waals surface area contributed by atoms with Crippen molar-refractivity contribution in [3.63, 3.8) is 0 Å². The van der Waals surface area contributed by atoms with Crippen LogP contribution in [0, 0.1) is 18.0 Å². The van der Waals surface area contributed by atoms with Crippen LogP contribution in [-0.2, 0) is 24.7 Å². The molecule has 4 aromatic carbocycles. The topological polar surface area (TPSA) is 104 Å². The van der Waals surface area contributed by atoms with Gasteiger partial charge < -0.3 is 0 Å². The number of alkyl halides is 12. The van der Waals surface area contributed by atoms with Gasteiger partial charge in [-0.25, -0.2) is 19.9 Å². The summed E-state index contributed by atoms with van der Waals surface area (Å²) in [6.45, 7) is 7.60. The van der Waals surface area contributed by atoms with Crippen LogP contribution in [0.4, 0.5) is 52.7 Å². The average molecular weight is 837 g/mol. The molecule has 0 unspecified atom stereocenters. The third-order valence-electron chi connectivity index (χ3n) is 8.85. The van der Waals surface area contributed by atoms with Gasteiger partial charge in [-0.1, -0.05) is 48.5 Å². The van der Waals surface area contributed by atoms with Crippen molar-refractivity contribution in [1.29, 1.82) is 5.26 Å². The van der Waals surface area contributed by atoms with Crippen LogP contribution in [0.1, 0.15) is 45.0 Å². The summed E-state index contributed by atoms with van der Waals surface area (Å²) in [5.74, 6) is 0. The van der Waals surface area contributed by atoms with Crippen LogP contribution in [-0.4, -0.2) is 31.4 Å². The van der Waals surface area contributed by atoms with E-state index in [4.69, 9.17) is 6.57 Å². The third-order valence-corrected chi connectivity index (χ3v) is 8.85. The molecule has 0 fully saturated rings. The van der Waals surface area contributed by atoms with Gasteiger partial charge in [0, 0.05) is 22.3 Å². The molecule has 6 aromatic rings. The van der Waals surface area contributed by atoms with Gasteiger partial charge in [0.05, 0.1) is 50.1 Å². The lowest BCUT2D eigenvalue weighted by atomic mass is 9.92. The van der Waals surface area contributed by atoms with E-state index in [-0.39, 0.29) is 22.3 Å². The number of halogens is 12. The predicted octanol–water partition coefficient (Wildman–Crippen LogP) is 11.3. The first kappa shape index (κ1) is 40.7. The smallest absolute Gasteiger partial charge is 0.241 e. The van der Waals surface area contributed by atoms with Gasteiger partial charge in [-0.05, 0) is 48.5 Å². The number of hydrogen-bond donors (Lipinski definition) is 0. The molecule has 0 aliphatic heterocycles. The highest BCUT2D eigenvalue weighted by Gasteiger charge is 2.40. The molecule has 2 aromatic heterocycles. The molecular formula is C40H16F12N8. The minimum atomic E-state index is -4.91. The van der Waals surface area contributed by atoms with Crippen molar-refractivity contribution in [2.75, 3.05) is 0 Å². The predicted molar refractivity (Wildman–Crippen MR) is 189 cm³/mol. The third kappa shape index (κ3) is 7.74. The van der Waals surface area contributed by atoms with Crippen LogP contribution >= 0.6 is 0 Å². The monoisotopic (exact) mass is 836 g/mol. The maximum absolute atomic E-state index is 13.9. The quantitative estimate of drug-likeness (QED) is 0.0760. The van der Waals surface area contributed by atoms with Gasteiger partial charge in [0.25, 0.3) is 0 Å². The van der Waals surface area contributed by atoms with E-state index in [2.05, 4.69) is 35.0 Å². The summed E-state index contributed by atoms with van der Waals surface area (Å²) < 4.78 is 167. The minimum absolute atomic E-state index is 0.338. The molecule has 7 rings (SSSR count). The Bertz CT molecular complexity index is 2490. The first-order valence-corrected chi connectivity index (χ1v) is 16.7. The van der Waals surface area contributed by atoms with Crippen molar-refractivity contribution in [3.8, 4) is 51.2 Å². The normalized spacial score (nSPS) is 12.9. The highest BCUT2D eigenvalue weighted by atomic mass is 19.4. The second kappa shape index (κ2) is 14.7. The Morgan fingerprint density at radius 1 is 0.433 bits per heavy atom. The molecule has 0 saturated carbocycles. The van der Waals surface area contributed by atoms with Crippen molar-refractivity contribution in [1.82, 2.24) is 19.9 Å². The first-order valence-electron chi connectivity index (χ1n) is 16.7. The van der Waals surface area contributed by atoms with Crippen LogP contribution in [0.5, 0.6) is 0 Å². The number of aliphatic imine (C=N–C) groups is 1. The van der Waals surface area contributed by atoms with Gasteiger partial charge in [0.15, 0.2) is 0 Å². The van der Waals surface area contributed by atoms with E-state index in [1.54, 1.807) is 0 Å². The summed E-state index contributed by atoms with van der Waals surface area (Å²) in [6.07, 6.45) is -18.2. The van der Waals surface area contributed by atoms with Crippen LogP contribution in [0.25, 0.3) is 50.0 Å². The number of fused-ring (bicyclic) bond motifs is 2. The molecule has 300 valence electrons. The Morgan fingerprint density at radius 2 is 0.700 bits per heavy atom. The summed E-state index contributed by atoms with van der Waals surface area (Å²) in [5.41, 5.74) is -11.3. The second-order valence-corrected chi connectivity index (χ2v) is 12.7. The fourth-order valence-corrected chi connectivity index (χ4v) is 6.23. The highest BCUT2D eigenvalue weighted by Crippen LogP contribution is 2.42. The molecule has 1 aliphatic carbocycles. The maximum atomic E-state index is 13.9. The number of rotatable bonds is 4. The van der Waals surface area contributed by atoms with E-state index in [0.717, 1.165) is 48.5 Å². The van der Waals surface area contributed by atoms with Crippen molar-refractivity contribution in [2.45, 2.75) is 24.7 Å². The molecule has 1 aliphatic rings. The van der Waals surface area contributed by atoms with Gasteiger partial charge in [-0.15, -0.1) is 4.95 Å². The largest absolute Gasteiger partial charge is 0.416 e. The Kier molecular flexibility index (Phi) is 9.99. The first-order chi connectivity index (χ1) is 28.2. The molecule has 20 heteroatoms. The van der Waals surface area contributed by atoms with Gasteiger partial charge in [0.2, 0.25) is 11.9 Å².